The van der Waals surface area contributed by atoms with E-state index in [0.717, 1.165) is 0 Å². The van der Waals surface area contributed by atoms with Crippen LogP contribution in [0.5, 0.6) is 5.75 Å². The third-order valence-electron chi connectivity index (χ3n) is 3.32. The molecular weight excluding hydrogens is 370 g/mol. The lowest BCUT2D eigenvalue weighted by atomic mass is 10.2. The molecule has 0 spiro atoms. The molecule has 2 rings (SSSR count). The number of alkyl halides is 2. The maximum absolute atomic E-state index is 12.4. The topological polar surface area (TPSA) is 85.2 Å². The van der Waals surface area contributed by atoms with E-state index in [0.29, 0.717) is 24.5 Å². The Morgan fingerprint density at radius 3 is 2.73 bits per heavy atom. The van der Waals surface area contributed by atoms with Crippen molar-refractivity contribution in [1.82, 2.24) is 20.2 Å². The molecule has 0 aliphatic heterocycles. The van der Waals surface area contributed by atoms with E-state index < -0.39 is 18.4 Å². The number of aryl methyl sites for hydroxylation is 1. The van der Waals surface area contributed by atoms with Crippen LogP contribution in [0.2, 0.25) is 5.02 Å². The van der Waals surface area contributed by atoms with Gasteiger partial charge in [0.25, 0.3) is 0 Å². The number of rotatable bonds is 8. The summed E-state index contributed by atoms with van der Waals surface area (Å²) in [6.45, 7) is -2.23. The van der Waals surface area contributed by atoms with Crippen molar-refractivity contribution in [2.75, 3.05) is 6.54 Å². The van der Waals surface area contributed by atoms with Gasteiger partial charge in [-0.3, -0.25) is 9.59 Å². The highest BCUT2D eigenvalue weighted by atomic mass is 35.5. The molecule has 140 valence electrons. The minimum Gasteiger partial charge on any atom is -0.434 e. The molecule has 10 heteroatoms. The molecule has 1 aromatic carbocycles. The van der Waals surface area contributed by atoms with Gasteiger partial charge in [0, 0.05) is 42.6 Å². The van der Waals surface area contributed by atoms with E-state index in [2.05, 4.69) is 20.4 Å². The van der Waals surface area contributed by atoms with Crippen LogP contribution in [0.1, 0.15) is 12.0 Å². The smallest absolute Gasteiger partial charge is 0.387 e. The summed E-state index contributed by atoms with van der Waals surface area (Å²) >= 11 is 5.82. The third kappa shape index (κ3) is 6.32. The van der Waals surface area contributed by atoms with Crippen LogP contribution in [0.4, 0.5) is 8.78 Å². The van der Waals surface area contributed by atoms with E-state index in [-0.39, 0.29) is 17.9 Å². The van der Waals surface area contributed by atoms with Crippen LogP contribution < -0.4 is 15.4 Å². The van der Waals surface area contributed by atoms with Crippen LogP contribution in [0.25, 0.3) is 0 Å². The molecule has 0 unspecified atom stereocenters. The third-order valence-corrected chi connectivity index (χ3v) is 3.56. The summed E-state index contributed by atoms with van der Waals surface area (Å²) in [5, 5.41) is 5.11. The highest BCUT2D eigenvalue weighted by molar-refractivity contribution is 6.35. The molecule has 1 aromatic heterocycles. The maximum Gasteiger partial charge on any atom is 0.387 e. The lowest BCUT2D eigenvalue weighted by Gasteiger charge is -2.12. The highest BCUT2D eigenvalue weighted by Gasteiger charge is 2.15. The second kappa shape index (κ2) is 9.71. The average Bonchev–Trinajstić information content (AvgIpc) is 3.11. The minimum absolute atomic E-state index is 0.120. The second-order valence-electron chi connectivity index (χ2n) is 5.22. The summed E-state index contributed by atoms with van der Waals surface area (Å²) in [4.78, 5) is 27.4. The normalized spacial score (nSPS) is 10.6. The molecule has 2 amide bonds. The number of ether oxygens (including phenoxy) is 1. The zero-order chi connectivity index (χ0) is 18.9. The Kier molecular flexibility index (Phi) is 7.34. The number of carbonyl (C=O) groups excluding carboxylic acids is 2. The zero-order valence-corrected chi connectivity index (χ0v) is 14.4. The van der Waals surface area contributed by atoms with Crippen molar-refractivity contribution in [3.63, 3.8) is 0 Å². The van der Waals surface area contributed by atoms with Gasteiger partial charge in [0.15, 0.2) is 0 Å². The van der Waals surface area contributed by atoms with Crippen molar-refractivity contribution in [3.05, 3.63) is 47.5 Å². The quantitative estimate of drug-likeness (QED) is 0.536. The Hall–Kier alpha value is -2.68. The number of carbonyl (C=O) groups is 2. The van der Waals surface area contributed by atoms with Gasteiger partial charge in [-0.15, -0.1) is 0 Å². The fourth-order valence-electron chi connectivity index (χ4n) is 2.12. The van der Waals surface area contributed by atoms with E-state index in [1.165, 1.54) is 18.2 Å². The monoisotopic (exact) mass is 386 g/mol. The highest BCUT2D eigenvalue weighted by Crippen LogP contribution is 2.24. The summed E-state index contributed by atoms with van der Waals surface area (Å²) in [5.74, 6) is -1.81. The molecular formula is C16H17ClF2N4O3. The molecule has 0 saturated heterocycles. The standard InChI is InChI=1S/C16H17ClF2N4O3/c17-12-2-3-13(26-16(18)19)11(8-12)9-22-15(25)14(24)21-4-1-6-23-7-5-20-10-23/h2-3,5,7-8,10,16H,1,4,6,9H2,(H,21,24)(H,22,25). The van der Waals surface area contributed by atoms with Crippen LogP contribution in [-0.2, 0) is 22.7 Å². The molecule has 0 saturated carbocycles. The first kappa shape index (κ1) is 19.6. The molecule has 0 fully saturated rings. The first-order valence-corrected chi connectivity index (χ1v) is 8.08. The number of hydrogen-bond acceptors (Lipinski definition) is 4. The Bertz CT molecular complexity index is 741. The average molecular weight is 387 g/mol. The largest absolute Gasteiger partial charge is 0.434 e. The van der Waals surface area contributed by atoms with E-state index in [1.54, 1.807) is 18.7 Å². The van der Waals surface area contributed by atoms with Gasteiger partial charge in [-0.1, -0.05) is 11.6 Å². The molecule has 7 nitrogen and oxygen atoms in total. The summed E-state index contributed by atoms with van der Waals surface area (Å²) in [5.41, 5.74) is 0.235. The van der Waals surface area contributed by atoms with Crippen molar-refractivity contribution in [2.24, 2.45) is 0 Å². The predicted octanol–water partition coefficient (Wildman–Crippen LogP) is 1.96. The Morgan fingerprint density at radius 2 is 2.04 bits per heavy atom. The Balaban J connectivity index is 1.78. The molecule has 0 bridgehead atoms. The van der Waals surface area contributed by atoms with Gasteiger partial charge in [0.1, 0.15) is 5.75 Å². The molecule has 0 aliphatic rings. The van der Waals surface area contributed by atoms with E-state index >= 15 is 0 Å². The fourth-order valence-corrected chi connectivity index (χ4v) is 2.31. The Morgan fingerprint density at radius 1 is 1.27 bits per heavy atom. The molecule has 26 heavy (non-hydrogen) atoms. The van der Waals surface area contributed by atoms with Gasteiger partial charge in [0.2, 0.25) is 0 Å². The number of hydrogen-bond donors (Lipinski definition) is 2. The predicted molar refractivity (Wildman–Crippen MR) is 89.8 cm³/mol. The van der Waals surface area contributed by atoms with Crippen LogP contribution >= 0.6 is 11.6 Å². The van der Waals surface area contributed by atoms with Crippen molar-refractivity contribution in [1.29, 1.82) is 0 Å². The van der Waals surface area contributed by atoms with Crippen molar-refractivity contribution >= 4 is 23.4 Å². The van der Waals surface area contributed by atoms with Gasteiger partial charge in [0.05, 0.1) is 6.33 Å². The van der Waals surface area contributed by atoms with Gasteiger partial charge in [-0.2, -0.15) is 8.78 Å². The van der Waals surface area contributed by atoms with E-state index in [1.807, 2.05) is 4.57 Å². The first-order valence-electron chi connectivity index (χ1n) is 7.70. The molecule has 1 heterocycles. The first-order chi connectivity index (χ1) is 12.5. The zero-order valence-electron chi connectivity index (χ0n) is 13.6. The van der Waals surface area contributed by atoms with Gasteiger partial charge in [-0.25, -0.2) is 4.98 Å². The van der Waals surface area contributed by atoms with Crippen LogP contribution in [0.3, 0.4) is 0 Å². The van der Waals surface area contributed by atoms with Crippen molar-refractivity contribution < 1.29 is 23.1 Å². The molecule has 2 N–H and O–H groups in total. The SMILES string of the molecule is O=C(NCCCn1ccnc1)C(=O)NCc1cc(Cl)ccc1OC(F)F. The lowest BCUT2D eigenvalue weighted by molar-refractivity contribution is -0.139. The number of imidazole rings is 1. The summed E-state index contributed by atoms with van der Waals surface area (Å²) in [6.07, 6.45) is 5.71. The van der Waals surface area contributed by atoms with E-state index in [9.17, 15) is 18.4 Å². The van der Waals surface area contributed by atoms with E-state index in [4.69, 9.17) is 11.6 Å². The van der Waals surface area contributed by atoms with Crippen molar-refractivity contribution in [3.8, 4) is 5.75 Å². The second-order valence-corrected chi connectivity index (χ2v) is 5.66. The van der Waals surface area contributed by atoms with Gasteiger partial charge < -0.3 is 19.9 Å². The van der Waals surface area contributed by atoms with Gasteiger partial charge in [-0.05, 0) is 24.6 Å². The molecule has 0 aliphatic carbocycles. The lowest BCUT2D eigenvalue weighted by Crippen LogP contribution is -2.40. The van der Waals surface area contributed by atoms with Crippen LogP contribution in [0.15, 0.2) is 36.9 Å². The summed E-state index contributed by atoms with van der Waals surface area (Å²) in [6, 6.07) is 4.03. The molecule has 0 atom stereocenters. The van der Waals surface area contributed by atoms with Gasteiger partial charge >= 0.3 is 18.4 Å². The summed E-state index contributed by atoms with van der Waals surface area (Å²) < 4.78 is 31.0. The maximum atomic E-state index is 12.4. The summed E-state index contributed by atoms with van der Waals surface area (Å²) in [7, 11) is 0. The minimum atomic E-state index is -3.01. The Labute approximate surface area is 153 Å². The number of nitrogens with one attached hydrogen (secondary N) is 2. The number of nitrogens with zero attached hydrogens (tertiary/aromatic N) is 2. The van der Waals surface area contributed by atoms with Crippen LogP contribution in [0, 0.1) is 0 Å². The number of halogens is 3. The van der Waals surface area contributed by atoms with Crippen LogP contribution in [-0.4, -0.2) is 34.5 Å². The molecule has 2 aromatic rings. The number of aromatic nitrogens is 2. The van der Waals surface area contributed by atoms with Crippen molar-refractivity contribution in [2.45, 2.75) is 26.1 Å². The number of benzene rings is 1. The molecule has 0 radical (unpaired) electrons. The fraction of sp³-hybridized carbons (Fsp3) is 0.312. The number of amides is 2.